The van der Waals surface area contributed by atoms with Crippen molar-refractivity contribution in [3.05, 3.63) is 81.9 Å². The van der Waals surface area contributed by atoms with Gasteiger partial charge in [-0.15, -0.1) is 0 Å². The largest absolute Gasteiger partial charge is 0.434 e. The number of non-ortho nitro benzene ring substituents is 1. The Kier molecular flexibility index (Phi) is 5.84. The summed E-state index contributed by atoms with van der Waals surface area (Å²) in [6, 6.07) is 11.1. The quantitative estimate of drug-likeness (QED) is 0.326. The van der Waals surface area contributed by atoms with Gasteiger partial charge < -0.3 is 9.84 Å². The molecular weight excluding hydrogens is 457 g/mol. The molecule has 10 nitrogen and oxygen atoms in total. The van der Waals surface area contributed by atoms with Gasteiger partial charge in [0.1, 0.15) is 0 Å². The first-order chi connectivity index (χ1) is 16.1. The van der Waals surface area contributed by atoms with Crippen LogP contribution in [0.2, 0.25) is 0 Å². The highest BCUT2D eigenvalue weighted by atomic mass is 19.4. The third-order valence-electron chi connectivity index (χ3n) is 4.70. The number of aromatic nitrogens is 4. The number of alkyl halides is 3. The molecule has 1 amide bonds. The first-order valence-corrected chi connectivity index (χ1v) is 9.71. The smallest absolute Gasteiger partial charge is 0.334 e. The van der Waals surface area contributed by atoms with Crippen molar-refractivity contribution in [1.29, 1.82) is 0 Å². The van der Waals surface area contributed by atoms with Crippen molar-refractivity contribution < 1.29 is 27.4 Å². The lowest BCUT2D eigenvalue weighted by Gasteiger charge is -2.12. The van der Waals surface area contributed by atoms with E-state index in [1.807, 2.05) is 0 Å². The number of benzene rings is 2. The normalized spacial score (nSPS) is 11.4. The van der Waals surface area contributed by atoms with Crippen LogP contribution >= 0.6 is 0 Å². The van der Waals surface area contributed by atoms with Gasteiger partial charge in [-0.1, -0.05) is 17.3 Å². The zero-order valence-electron chi connectivity index (χ0n) is 17.4. The summed E-state index contributed by atoms with van der Waals surface area (Å²) >= 11 is 0. The van der Waals surface area contributed by atoms with Crippen LogP contribution in [0.4, 0.5) is 24.5 Å². The van der Waals surface area contributed by atoms with Crippen molar-refractivity contribution in [1.82, 2.24) is 19.9 Å². The van der Waals surface area contributed by atoms with Crippen molar-refractivity contribution in [2.75, 3.05) is 5.32 Å². The maximum absolute atomic E-state index is 13.8. The standard InChI is InChI=1S/C21H15F3N6O4/c1-12-26-20(34-28-12)17-11-25-29(19(17)21(22,23)24)15-8-4-14(5-9-15)27-18(31)10-13-2-6-16(7-3-13)30(32)33/h2-9,11H,10H2,1H3,(H,27,31). The molecule has 1 N–H and O–H groups in total. The van der Waals surface area contributed by atoms with Crippen molar-refractivity contribution >= 4 is 17.3 Å². The van der Waals surface area contributed by atoms with Crippen LogP contribution in [0.15, 0.2) is 59.3 Å². The minimum absolute atomic E-state index is 0.0376. The first-order valence-electron chi connectivity index (χ1n) is 9.71. The monoisotopic (exact) mass is 472 g/mol. The second-order valence-corrected chi connectivity index (χ2v) is 7.16. The van der Waals surface area contributed by atoms with Crippen molar-refractivity contribution in [3.8, 4) is 17.1 Å². The van der Waals surface area contributed by atoms with Gasteiger partial charge in [0.05, 0.1) is 28.8 Å². The number of aryl methyl sites for hydroxylation is 1. The van der Waals surface area contributed by atoms with Gasteiger partial charge in [-0.25, -0.2) is 4.68 Å². The van der Waals surface area contributed by atoms with Gasteiger partial charge in [0.2, 0.25) is 5.91 Å². The highest BCUT2D eigenvalue weighted by Gasteiger charge is 2.40. The third-order valence-corrected chi connectivity index (χ3v) is 4.70. The van der Waals surface area contributed by atoms with E-state index in [0.717, 1.165) is 6.20 Å². The lowest BCUT2D eigenvalue weighted by Crippen LogP contribution is -2.15. The lowest BCUT2D eigenvalue weighted by molar-refractivity contribution is -0.384. The zero-order valence-corrected chi connectivity index (χ0v) is 17.4. The fourth-order valence-corrected chi connectivity index (χ4v) is 3.19. The van der Waals surface area contributed by atoms with Crippen molar-refractivity contribution in [3.63, 3.8) is 0 Å². The minimum Gasteiger partial charge on any atom is -0.334 e. The number of hydrogen-bond donors (Lipinski definition) is 1. The predicted octanol–water partition coefficient (Wildman–Crippen LogP) is 4.34. The predicted molar refractivity (Wildman–Crippen MR) is 112 cm³/mol. The molecule has 0 saturated carbocycles. The van der Waals surface area contributed by atoms with Gasteiger partial charge in [0.25, 0.3) is 11.6 Å². The number of nitro groups is 1. The van der Waals surface area contributed by atoms with Gasteiger partial charge in [-0.3, -0.25) is 14.9 Å². The number of nitrogens with zero attached hydrogens (tertiary/aromatic N) is 5. The number of amides is 1. The van der Waals surface area contributed by atoms with Crippen LogP contribution in [0.5, 0.6) is 0 Å². The minimum atomic E-state index is -4.76. The van der Waals surface area contributed by atoms with E-state index in [1.165, 1.54) is 55.5 Å². The molecule has 0 spiro atoms. The second-order valence-electron chi connectivity index (χ2n) is 7.16. The fourth-order valence-electron chi connectivity index (χ4n) is 3.19. The van der Waals surface area contributed by atoms with E-state index in [-0.39, 0.29) is 35.1 Å². The maximum Gasteiger partial charge on any atom is 0.434 e. The van der Waals surface area contributed by atoms with Crippen molar-refractivity contribution in [2.24, 2.45) is 0 Å². The number of halogens is 3. The summed E-state index contributed by atoms with van der Waals surface area (Å²) in [5.41, 5.74) is -0.504. The fraction of sp³-hybridized carbons (Fsp3) is 0.143. The lowest BCUT2D eigenvalue weighted by atomic mass is 10.1. The topological polar surface area (TPSA) is 129 Å². The van der Waals surface area contributed by atoms with Crippen LogP contribution in [0.25, 0.3) is 17.1 Å². The van der Waals surface area contributed by atoms with E-state index in [9.17, 15) is 28.1 Å². The number of nitro benzene ring substituents is 1. The highest BCUT2D eigenvalue weighted by Crippen LogP contribution is 2.38. The average Bonchev–Trinajstić information content (AvgIpc) is 3.41. The van der Waals surface area contributed by atoms with Gasteiger partial charge in [-0.2, -0.15) is 23.3 Å². The first kappa shape index (κ1) is 22.6. The van der Waals surface area contributed by atoms with Gasteiger partial charge in [0.15, 0.2) is 11.5 Å². The zero-order chi connectivity index (χ0) is 24.5. The Morgan fingerprint density at radius 1 is 1.15 bits per heavy atom. The van der Waals surface area contributed by atoms with Gasteiger partial charge in [-0.05, 0) is 36.8 Å². The van der Waals surface area contributed by atoms with Crippen LogP contribution in [0.3, 0.4) is 0 Å². The molecule has 0 saturated heterocycles. The number of hydrogen-bond acceptors (Lipinski definition) is 7. The highest BCUT2D eigenvalue weighted by molar-refractivity contribution is 5.92. The molecule has 4 rings (SSSR count). The molecule has 174 valence electrons. The van der Waals surface area contributed by atoms with E-state index >= 15 is 0 Å². The molecule has 0 aliphatic carbocycles. The summed E-state index contributed by atoms with van der Waals surface area (Å²) in [6.07, 6.45) is -3.80. The van der Waals surface area contributed by atoms with Crippen LogP contribution in [-0.4, -0.2) is 30.8 Å². The van der Waals surface area contributed by atoms with Crippen molar-refractivity contribution in [2.45, 2.75) is 19.5 Å². The Labute approximate surface area is 189 Å². The summed E-state index contributed by atoms with van der Waals surface area (Å²) in [5.74, 6) is -0.512. The van der Waals surface area contributed by atoms with Crippen LogP contribution in [0.1, 0.15) is 17.1 Å². The van der Waals surface area contributed by atoms with E-state index in [1.54, 1.807) is 0 Å². The number of carbonyl (C=O) groups excluding carboxylic acids is 1. The van der Waals surface area contributed by atoms with Gasteiger partial charge >= 0.3 is 6.18 Å². The Morgan fingerprint density at radius 3 is 2.38 bits per heavy atom. The summed E-state index contributed by atoms with van der Waals surface area (Å²) in [5, 5.41) is 20.7. The van der Waals surface area contributed by atoms with Gasteiger partial charge in [0, 0.05) is 17.8 Å². The SMILES string of the molecule is Cc1noc(-c2cnn(-c3ccc(NC(=O)Cc4ccc([N+](=O)[O-])cc4)cc3)c2C(F)(F)F)n1. The number of rotatable bonds is 6. The molecule has 0 aliphatic rings. The van der Waals surface area contributed by atoms with Crippen LogP contribution in [-0.2, 0) is 17.4 Å². The molecule has 0 unspecified atom stereocenters. The Balaban J connectivity index is 1.52. The molecule has 0 fully saturated rings. The molecule has 4 aromatic rings. The summed E-state index contributed by atoms with van der Waals surface area (Å²) < 4.78 is 47.0. The molecule has 0 radical (unpaired) electrons. The molecule has 0 atom stereocenters. The molecule has 2 aromatic carbocycles. The average molecular weight is 472 g/mol. The molecule has 2 heterocycles. The Morgan fingerprint density at radius 2 is 1.82 bits per heavy atom. The summed E-state index contributed by atoms with van der Waals surface area (Å²) in [4.78, 5) is 26.3. The van der Waals surface area contributed by atoms with E-state index in [4.69, 9.17) is 4.52 Å². The third kappa shape index (κ3) is 4.77. The molecule has 0 bridgehead atoms. The molecular formula is C21H15F3N6O4. The number of nitrogens with one attached hydrogen (secondary N) is 1. The summed E-state index contributed by atoms with van der Waals surface area (Å²) in [7, 11) is 0. The molecule has 0 aliphatic heterocycles. The van der Waals surface area contributed by atoms with Crippen LogP contribution < -0.4 is 5.32 Å². The van der Waals surface area contributed by atoms with E-state index in [0.29, 0.717) is 15.9 Å². The molecule has 34 heavy (non-hydrogen) atoms. The molecule has 13 heteroatoms. The Bertz CT molecular complexity index is 1340. The van der Waals surface area contributed by atoms with E-state index < -0.39 is 22.7 Å². The van der Waals surface area contributed by atoms with E-state index in [2.05, 4.69) is 20.6 Å². The number of anilines is 1. The Hall–Kier alpha value is -4.55. The molecule has 2 aromatic heterocycles. The van der Waals surface area contributed by atoms with Crippen LogP contribution in [0, 0.1) is 17.0 Å². The summed E-state index contributed by atoms with van der Waals surface area (Å²) in [6.45, 7) is 1.49. The second kappa shape index (κ2) is 8.77. The number of carbonyl (C=O) groups is 1. The maximum atomic E-state index is 13.8.